The lowest BCUT2D eigenvalue weighted by Crippen LogP contribution is -2.25. The number of carbonyl (C=O) groups is 1. The van der Waals surface area contributed by atoms with Gasteiger partial charge in [0.15, 0.2) is 6.61 Å². The van der Waals surface area contributed by atoms with Gasteiger partial charge < -0.3 is 9.30 Å². The third kappa shape index (κ3) is 4.72. The molecule has 30 heavy (non-hydrogen) atoms. The van der Waals surface area contributed by atoms with E-state index in [4.69, 9.17) is 4.74 Å². The van der Waals surface area contributed by atoms with Crippen LogP contribution in [0, 0.1) is 30.9 Å². The summed E-state index contributed by atoms with van der Waals surface area (Å²) in [6.07, 6.45) is 3.30. The fourth-order valence-corrected chi connectivity index (χ4v) is 2.96. The van der Waals surface area contributed by atoms with Crippen molar-refractivity contribution < 1.29 is 14.5 Å². The second-order valence-electron chi connectivity index (χ2n) is 6.81. The Bertz CT molecular complexity index is 1100. The lowest BCUT2D eigenvalue weighted by molar-refractivity contribution is -0.384. The van der Waals surface area contributed by atoms with E-state index in [1.165, 1.54) is 18.3 Å². The first-order valence-corrected chi connectivity index (χ1v) is 9.30. The van der Waals surface area contributed by atoms with Crippen molar-refractivity contribution in [2.45, 2.75) is 20.8 Å². The maximum Gasteiger partial charge on any atom is 0.277 e. The summed E-state index contributed by atoms with van der Waals surface area (Å²) in [4.78, 5) is 22.4. The van der Waals surface area contributed by atoms with Gasteiger partial charge in [-0.1, -0.05) is 12.1 Å². The van der Waals surface area contributed by atoms with Crippen LogP contribution in [0.2, 0.25) is 0 Å². The van der Waals surface area contributed by atoms with Crippen LogP contribution >= 0.6 is 0 Å². The standard InChI is InChI=1S/C22H22N4O4/c1-15-6-7-16(2)22(17(15)3)30-14-21(27)24-23-13-20-5-4-12-25(20)18-8-10-19(11-9-18)26(28)29/h4-13H,14H2,1-3H3,(H,24,27). The van der Waals surface area contributed by atoms with Gasteiger partial charge in [-0.15, -0.1) is 0 Å². The fourth-order valence-electron chi connectivity index (χ4n) is 2.96. The van der Waals surface area contributed by atoms with Gasteiger partial charge in [-0.2, -0.15) is 5.10 Å². The van der Waals surface area contributed by atoms with E-state index in [1.54, 1.807) is 22.9 Å². The largest absolute Gasteiger partial charge is 0.483 e. The number of aryl methyl sites for hydroxylation is 2. The molecule has 1 N–H and O–H groups in total. The summed E-state index contributed by atoms with van der Waals surface area (Å²) in [6, 6.07) is 13.8. The Morgan fingerprint density at radius 2 is 1.83 bits per heavy atom. The number of nitro groups is 1. The van der Waals surface area contributed by atoms with E-state index in [0.29, 0.717) is 11.4 Å². The highest BCUT2D eigenvalue weighted by Crippen LogP contribution is 2.25. The third-order valence-electron chi connectivity index (χ3n) is 4.73. The molecule has 0 fully saturated rings. The Morgan fingerprint density at radius 1 is 1.13 bits per heavy atom. The SMILES string of the molecule is Cc1ccc(C)c(OCC(=O)NN=Cc2cccn2-c2ccc([N+](=O)[O-])cc2)c1C. The van der Waals surface area contributed by atoms with Crippen molar-refractivity contribution in [2.24, 2.45) is 5.10 Å². The number of amides is 1. The lowest BCUT2D eigenvalue weighted by Gasteiger charge is -2.13. The second-order valence-corrected chi connectivity index (χ2v) is 6.81. The quantitative estimate of drug-likeness (QED) is 0.366. The van der Waals surface area contributed by atoms with Gasteiger partial charge in [0, 0.05) is 24.0 Å². The van der Waals surface area contributed by atoms with E-state index in [9.17, 15) is 14.9 Å². The zero-order valence-corrected chi connectivity index (χ0v) is 17.0. The Kier molecular flexibility index (Phi) is 6.26. The van der Waals surface area contributed by atoms with Gasteiger partial charge in [-0.25, -0.2) is 5.43 Å². The van der Waals surface area contributed by atoms with E-state index in [0.717, 1.165) is 22.4 Å². The van der Waals surface area contributed by atoms with E-state index in [1.807, 2.05) is 45.0 Å². The number of carbonyl (C=O) groups excluding carboxylic acids is 1. The molecule has 0 aliphatic rings. The number of nitrogens with one attached hydrogen (secondary N) is 1. The van der Waals surface area contributed by atoms with Crippen molar-refractivity contribution in [3.8, 4) is 11.4 Å². The lowest BCUT2D eigenvalue weighted by atomic mass is 10.1. The molecular weight excluding hydrogens is 384 g/mol. The number of nitrogens with zero attached hydrogens (tertiary/aromatic N) is 3. The molecule has 3 rings (SSSR count). The molecule has 8 heteroatoms. The van der Waals surface area contributed by atoms with Gasteiger partial charge in [0.1, 0.15) is 5.75 Å². The molecule has 154 valence electrons. The first kappa shape index (κ1) is 20.8. The van der Waals surface area contributed by atoms with Crippen LogP contribution in [0.4, 0.5) is 5.69 Å². The monoisotopic (exact) mass is 406 g/mol. The highest BCUT2D eigenvalue weighted by molar-refractivity contribution is 5.82. The highest BCUT2D eigenvalue weighted by Gasteiger charge is 2.09. The van der Waals surface area contributed by atoms with Gasteiger partial charge in [0.25, 0.3) is 11.6 Å². The predicted octanol–water partition coefficient (Wildman–Crippen LogP) is 3.84. The number of aromatic nitrogens is 1. The average molecular weight is 406 g/mol. The van der Waals surface area contributed by atoms with Crippen molar-refractivity contribution in [3.63, 3.8) is 0 Å². The molecular formula is C22H22N4O4. The van der Waals surface area contributed by atoms with Gasteiger partial charge >= 0.3 is 0 Å². The maximum absolute atomic E-state index is 12.1. The van der Waals surface area contributed by atoms with E-state index in [-0.39, 0.29) is 18.2 Å². The molecule has 0 saturated heterocycles. The van der Waals surface area contributed by atoms with Crippen LogP contribution < -0.4 is 10.2 Å². The molecule has 3 aromatic rings. The Morgan fingerprint density at radius 3 is 2.53 bits per heavy atom. The third-order valence-corrected chi connectivity index (χ3v) is 4.73. The number of ether oxygens (including phenoxy) is 1. The fraction of sp³-hybridized carbons (Fsp3) is 0.182. The molecule has 0 aliphatic heterocycles. The number of hydrogen-bond acceptors (Lipinski definition) is 5. The number of benzene rings is 2. The van der Waals surface area contributed by atoms with Gasteiger partial charge in [-0.05, 0) is 61.7 Å². The summed E-state index contributed by atoms with van der Waals surface area (Å²) in [7, 11) is 0. The van der Waals surface area contributed by atoms with Crippen LogP contribution in [0.25, 0.3) is 5.69 Å². The topological polar surface area (TPSA) is 98.8 Å². The molecule has 0 saturated carbocycles. The zero-order valence-electron chi connectivity index (χ0n) is 17.0. The van der Waals surface area contributed by atoms with Gasteiger partial charge in [-0.3, -0.25) is 14.9 Å². The summed E-state index contributed by atoms with van der Waals surface area (Å²) in [5, 5.41) is 14.8. The van der Waals surface area contributed by atoms with Gasteiger partial charge in [0.05, 0.1) is 16.8 Å². The van der Waals surface area contributed by atoms with Crippen molar-refractivity contribution in [3.05, 3.63) is 87.2 Å². The van der Waals surface area contributed by atoms with Crippen molar-refractivity contribution in [2.75, 3.05) is 6.61 Å². The Hall–Kier alpha value is -3.94. The number of hydrogen-bond donors (Lipinski definition) is 1. The maximum atomic E-state index is 12.1. The first-order chi connectivity index (χ1) is 14.4. The van der Waals surface area contributed by atoms with Crippen LogP contribution in [0.3, 0.4) is 0 Å². The summed E-state index contributed by atoms with van der Waals surface area (Å²) in [6.45, 7) is 5.74. The van der Waals surface area contributed by atoms with Gasteiger partial charge in [0.2, 0.25) is 0 Å². The van der Waals surface area contributed by atoms with E-state index >= 15 is 0 Å². The van der Waals surface area contributed by atoms with Crippen LogP contribution in [0.5, 0.6) is 5.75 Å². The van der Waals surface area contributed by atoms with E-state index < -0.39 is 4.92 Å². The molecule has 1 heterocycles. The number of hydrazone groups is 1. The number of non-ortho nitro benzene ring substituents is 1. The minimum Gasteiger partial charge on any atom is -0.483 e. The minimum absolute atomic E-state index is 0.0208. The summed E-state index contributed by atoms with van der Waals surface area (Å²) >= 11 is 0. The van der Waals surface area contributed by atoms with Crippen LogP contribution in [-0.4, -0.2) is 28.2 Å². The summed E-state index contributed by atoms with van der Waals surface area (Å²) in [5.74, 6) is 0.334. The molecule has 0 atom stereocenters. The smallest absolute Gasteiger partial charge is 0.277 e. The van der Waals surface area contributed by atoms with Crippen LogP contribution in [0.15, 0.2) is 59.8 Å². The second kappa shape index (κ2) is 9.04. The minimum atomic E-state index is -0.445. The average Bonchev–Trinajstić information content (AvgIpc) is 3.19. The zero-order chi connectivity index (χ0) is 21.7. The molecule has 1 aromatic heterocycles. The first-order valence-electron chi connectivity index (χ1n) is 9.30. The molecule has 0 spiro atoms. The molecule has 1 amide bonds. The van der Waals surface area contributed by atoms with Crippen molar-refractivity contribution >= 4 is 17.8 Å². The molecule has 0 aliphatic carbocycles. The number of nitro benzene ring substituents is 1. The van der Waals surface area contributed by atoms with E-state index in [2.05, 4.69) is 10.5 Å². The highest BCUT2D eigenvalue weighted by atomic mass is 16.6. The normalized spacial score (nSPS) is 10.9. The Labute approximate surface area is 173 Å². The molecule has 8 nitrogen and oxygen atoms in total. The summed E-state index contributed by atoms with van der Waals surface area (Å²) < 4.78 is 7.48. The molecule has 0 bridgehead atoms. The number of rotatable bonds is 7. The predicted molar refractivity (Wildman–Crippen MR) is 114 cm³/mol. The Balaban J connectivity index is 1.61. The molecule has 2 aromatic carbocycles. The molecule has 0 unspecified atom stereocenters. The van der Waals surface area contributed by atoms with Crippen molar-refractivity contribution in [1.29, 1.82) is 0 Å². The van der Waals surface area contributed by atoms with Crippen LogP contribution in [-0.2, 0) is 4.79 Å². The van der Waals surface area contributed by atoms with Crippen LogP contribution in [0.1, 0.15) is 22.4 Å². The summed E-state index contributed by atoms with van der Waals surface area (Å²) in [5.41, 5.74) is 6.99. The molecule has 0 radical (unpaired) electrons. The van der Waals surface area contributed by atoms with Crippen molar-refractivity contribution in [1.82, 2.24) is 9.99 Å².